The minimum atomic E-state index is -1.26. The van der Waals surface area contributed by atoms with Crippen LogP contribution in [0.1, 0.15) is 6.04 Å². The molecule has 0 fully saturated rings. The standard InChI is InChI=1S/C8H13N3O5/c1-9-7(15)10-2-5(13)6(14)4(3-12)11(10)8(9)16/h4-6,12-14H,2-3H2,1H3/t4-,5-,6-/m1/s1. The van der Waals surface area contributed by atoms with Crippen molar-refractivity contribution in [2.75, 3.05) is 6.61 Å². The topological polar surface area (TPSA) is 110 Å². The summed E-state index contributed by atoms with van der Waals surface area (Å²) in [5, 5.41) is 28.2. The first-order valence-electron chi connectivity index (χ1n) is 4.84. The molecule has 2 heterocycles. The van der Waals surface area contributed by atoms with E-state index in [0.717, 1.165) is 13.9 Å². The van der Waals surface area contributed by atoms with E-state index in [1.165, 1.54) is 7.05 Å². The van der Waals surface area contributed by atoms with Crippen LogP contribution in [-0.4, -0.2) is 48.1 Å². The number of fused-ring (bicyclic) bond motifs is 1. The Kier molecular flexibility index (Phi) is 2.49. The van der Waals surface area contributed by atoms with Crippen LogP contribution in [0.3, 0.4) is 0 Å². The van der Waals surface area contributed by atoms with Crippen molar-refractivity contribution < 1.29 is 15.3 Å². The molecule has 0 spiro atoms. The molecule has 0 aromatic carbocycles. The van der Waals surface area contributed by atoms with Crippen LogP contribution in [0.15, 0.2) is 9.59 Å². The van der Waals surface area contributed by atoms with Crippen molar-refractivity contribution in [2.24, 2.45) is 7.05 Å². The van der Waals surface area contributed by atoms with E-state index in [-0.39, 0.29) is 6.54 Å². The first kappa shape index (κ1) is 11.1. The van der Waals surface area contributed by atoms with E-state index < -0.39 is 36.2 Å². The summed E-state index contributed by atoms with van der Waals surface area (Å²) in [6.45, 7) is -0.686. The minimum Gasteiger partial charge on any atom is -0.394 e. The Balaban J connectivity index is 2.70. The Hall–Kier alpha value is -1.38. The van der Waals surface area contributed by atoms with E-state index in [1.807, 2.05) is 0 Å². The molecule has 0 bridgehead atoms. The molecule has 1 aromatic rings. The normalized spacial score (nSPS) is 29.1. The van der Waals surface area contributed by atoms with Crippen LogP contribution in [0.25, 0.3) is 0 Å². The van der Waals surface area contributed by atoms with Crippen molar-refractivity contribution >= 4 is 0 Å². The van der Waals surface area contributed by atoms with Crippen LogP contribution in [0, 0.1) is 0 Å². The molecule has 8 heteroatoms. The zero-order valence-corrected chi connectivity index (χ0v) is 8.65. The Morgan fingerprint density at radius 2 is 1.94 bits per heavy atom. The molecule has 0 radical (unpaired) electrons. The Morgan fingerprint density at radius 1 is 1.31 bits per heavy atom. The fraction of sp³-hybridized carbons (Fsp3) is 0.750. The molecule has 0 unspecified atom stereocenters. The molecular formula is C8H13N3O5. The van der Waals surface area contributed by atoms with E-state index in [4.69, 9.17) is 5.11 Å². The summed E-state index contributed by atoms with van der Waals surface area (Å²) in [5.41, 5.74) is -1.19. The molecule has 0 saturated carbocycles. The van der Waals surface area contributed by atoms with Gasteiger partial charge in [0.15, 0.2) is 0 Å². The number of hydrogen-bond acceptors (Lipinski definition) is 5. The maximum Gasteiger partial charge on any atom is 0.347 e. The first-order chi connectivity index (χ1) is 7.49. The summed E-state index contributed by atoms with van der Waals surface area (Å²) in [6, 6.07) is -0.995. The largest absolute Gasteiger partial charge is 0.394 e. The van der Waals surface area contributed by atoms with Crippen molar-refractivity contribution in [3.8, 4) is 0 Å². The lowest BCUT2D eigenvalue weighted by Crippen LogP contribution is -2.51. The van der Waals surface area contributed by atoms with E-state index in [1.54, 1.807) is 0 Å². The highest BCUT2D eigenvalue weighted by atomic mass is 16.3. The minimum absolute atomic E-state index is 0.160. The zero-order valence-electron chi connectivity index (χ0n) is 8.65. The van der Waals surface area contributed by atoms with Crippen LogP contribution in [-0.2, 0) is 13.6 Å². The van der Waals surface area contributed by atoms with Crippen LogP contribution in [0.2, 0.25) is 0 Å². The number of rotatable bonds is 1. The van der Waals surface area contributed by atoms with Crippen LogP contribution < -0.4 is 11.4 Å². The lowest BCUT2D eigenvalue weighted by Gasteiger charge is -2.32. The van der Waals surface area contributed by atoms with Gasteiger partial charge in [-0.05, 0) is 0 Å². The average molecular weight is 231 g/mol. The Labute approximate surface area is 89.6 Å². The van der Waals surface area contributed by atoms with Crippen molar-refractivity contribution in [2.45, 2.75) is 24.8 Å². The van der Waals surface area contributed by atoms with Gasteiger partial charge in [-0.15, -0.1) is 0 Å². The molecule has 0 aliphatic carbocycles. The van der Waals surface area contributed by atoms with Gasteiger partial charge in [0.1, 0.15) is 18.2 Å². The second kappa shape index (κ2) is 3.58. The maximum atomic E-state index is 11.7. The van der Waals surface area contributed by atoms with E-state index >= 15 is 0 Å². The van der Waals surface area contributed by atoms with Gasteiger partial charge in [0, 0.05) is 7.05 Å². The summed E-state index contributed by atoms with van der Waals surface area (Å²) in [5.74, 6) is 0. The Bertz CT molecular complexity index is 513. The van der Waals surface area contributed by atoms with Gasteiger partial charge >= 0.3 is 11.4 Å². The van der Waals surface area contributed by atoms with Crippen LogP contribution in [0.5, 0.6) is 0 Å². The highest BCUT2D eigenvalue weighted by Gasteiger charge is 2.37. The predicted octanol–water partition coefficient (Wildman–Crippen LogP) is -3.38. The maximum absolute atomic E-state index is 11.7. The van der Waals surface area contributed by atoms with Crippen molar-refractivity contribution in [3.05, 3.63) is 21.0 Å². The van der Waals surface area contributed by atoms with Gasteiger partial charge in [0.05, 0.1) is 13.2 Å². The lowest BCUT2D eigenvalue weighted by atomic mass is 10.0. The molecule has 1 aliphatic rings. The smallest absolute Gasteiger partial charge is 0.347 e. The summed E-state index contributed by atoms with van der Waals surface area (Å²) < 4.78 is 2.88. The molecule has 3 N–H and O–H groups in total. The molecule has 3 atom stereocenters. The number of aliphatic hydroxyl groups is 3. The summed E-state index contributed by atoms with van der Waals surface area (Å²) in [7, 11) is 1.30. The first-order valence-corrected chi connectivity index (χ1v) is 4.84. The molecule has 0 saturated heterocycles. The molecule has 2 rings (SSSR count). The fourth-order valence-electron chi connectivity index (χ4n) is 1.96. The summed E-state index contributed by atoms with van der Waals surface area (Å²) >= 11 is 0. The number of nitrogens with zero attached hydrogens (tertiary/aromatic N) is 3. The molecule has 8 nitrogen and oxygen atoms in total. The summed E-state index contributed by atoms with van der Waals surface area (Å²) in [4.78, 5) is 23.2. The third-order valence-corrected chi connectivity index (χ3v) is 2.90. The molecule has 1 aromatic heterocycles. The second-order valence-electron chi connectivity index (χ2n) is 3.86. The van der Waals surface area contributed by atoms with Gasteiger partial charge in [0.2, 0.25) is 0 Å². The highest BCUT2D eigenvalue weighted by Crippen LogP contribution is 2.17. The highest BCUT2D eigenvalue weighted by molar-refractivity contribution is 4.89. The van der Waals surface area contributed by atoms with E-state index in [2.05, 4.69) is 0 Å². The zero-order chi connectivity index (χ0) is 12.0. The van der Waals surface area contributed by atoms with Crippen molar-refractivity contribution in [1.82, 2.24) is 13.9 Å². The number of hydrogen-bond donors (Lipinski definition) is 3. The number of aromatic nitrogens is 3. The van der Waals surface area contributed by atoms with Gasteiger partial charge in [-0.1, -0.05) is 0 Å². The lowest BCUT2D eigenvalue weighted by molar-refractivity contribution is -0.0692. The molecule has 90 valence electrons. The third kappa shape index (κ3) is 1.27. The van der Waals surface area contributed by atoms with Gasteiger partial charge in [-0.25, -0.2) is 23.5 Å². The molecule has 16 heavy (non-hydrogen) atoms. The summed E-state index contributed by atoms with van der Waals surface area (Å²) in [6.07, 6.45) is -2.43. The van der Waals surface area contributed by atoms with Crippen LogP contribution in [0.4, 0.5) is 0 Å². The average Bonchev–Trinajstić information content (AvgIpc) is 2.46. The van der Waals surface area contributed by atoms with Gasteiger partial charge in [-0.2, -0.15) is 0 Å². The van der Waals surface area contributed by atoms with Gasteiger partial charge in [0.25, 0.3) is 0 Å². The molecule has 0 amide bonds. The van der Waals surface area contributed by atoms with Gasteiger partial charge < -0.3 is 15.3 Å². The quantitative estimate of drug-likeness (QED) is 0.467. The van der Waals surface area contributed by atoms with Crippen LogP contribution >= 0.6 is 0 Å². The number of aliphatic hydroxyl groups excluding tert-OH is 3. The van der Waals surface area contributed by atoms with Crippen molar-refractivity contribution in [3.63, 3.8) is 0 Å². The third-order valence-electron chi connectivity index (χ3n) is 2.90. The fourth-order valence-corrected chi connectivity index (χ4v) is 1.96. The monoisotopic (exact) mass is 231 g/mol. The van der Waals surface area contributed by atoms with Crippen molar-refractivity contribution in [1.29, 1.82) is 0 Å². The van der Waals surface area contributed by atoms with E-state index in [0.29, 0.717) is 0 Å². The Morgan fingerprint density at radius 3 is 2.50 bits per heavy atom. The molecule has 1 aliphatic heterocycles. The van der Waals surface area contributed by atoms with E-state index in [9.17, 15) is 19.8 Å². The second-order valence-corrected chi connectivity index (χ2v) is 3.86. The SMILES string of the molecule is Cn1c(=O)n2n(c1=O)[C@H](CO)[C@@H](O)[C@H](O)C2. The van der Waals surface area contributed by atoms with Gasteiger partial charge in [-0.3, -0.25) is 0 Å². The predicted molar refractivity (Wildman–Crippen MR) is 52.1 cm³/mol. The molecular weight excluding hydrogens is 218 g/mol.